The number of nitrogens with two attached hydrogens (primary N) is 1. The van der Waals surface area contributed by atoms with Gasteiger partial charge in [0.15, 0.2) is 0 Å². The van der Waals surface area contributed by atoms with Gasteiger partial charge in [-0.3, -0.25) is 4.79 Å². The number of carbonyl (C=O) groups excluding carboxylic acids is 1. The third-order valence-corrected chi connectivity index (χ3v) is 5.41. The largest absolute Gasteiger partial charge is 0.378 e. The molecule has 1 aromatic carbocycles. The predicted octanol–water partition coefficient (Wildman–Crippen LogP) is 3.02. The zero-order valence-electron chi connectivity index (χ0n) is 13.2. The van der Waals surface area contributed by atoms with Crippen molar-refractivity contribution in [2.75, 3.05) is 6.61 Å². The van der Waals surface area contributed by atoms with Crippen LogP contribution in [0.1, 0.15) is 32.8 Å². The van der Waals surface area contributed by atoms with Gasteiger partial charge in [-0.25, -0.2) is 0 Å². The Balaban J connectivity index is 0.00000242. The van der Waals surface area contributed by atoms with Crippen molar-refractivity contribution >= 4 is 34.2 Å². The van der Waals surface area contributed by atoms with E-state index in [-0.39, 0.29) is 29.8 Å². The minimum atomic E-state index is -0.867. The Morgan fingerprint density at radius 3 is 2.64 bits per heavy atom. The minimum absolute atomic E-state index is 0. The molecule has 1 saturated carbocycles. The first-order valence-electron chi connectivity index (χ1n) is 7.25. The van der Waals surface area contributed by atoms with Crippen molar-refractivity contribution in [3.8, 4) is 0 Å². The molecule has 124 valence electrons. The van der Waals surface area contributed by atoms with E-state index in [2.05, 4.69) is 21.2 Å². The van der Waals surface area contributed by atoms with Crippen LogP contribution in [0, 0.1) is 5.41 Å². The lowest BCUT2D eigenvalue weighted by Gasteiger charge is -2.57. The third kappa shape index (κ3) is 3.32. The van der Waals surface area contributed by atoms with Crippen molar-refractivity contribution in [3.63, 3.8) is 0 Å². The molecule has 6 heteroatoms. The van der Waals surface area contributed by atoms with E-state index in [1.54, 1.807) is 0 Å². The first kappa shape index (κ1) is 19.4. The molecule has 4 nitrogen and oxygen atoms in total. The summed E-state index contributed by atoms with van der Waals surface area (Å²) in [4.78, 5) is 12.5. The molecule has 1 fully saturated rings. The lowest BCUT2D eigenvalue weighted by molar-refractivity contribution is -0.170. The van der Waals surface area contributed by atoms with Gasteiger partial charge in [0.2, 0.25) is 5.91 Å². The van der Waals surface area contributed by atoms with Gasteiger partial charge in [0, 0.05) is 29.5 Å². The van der Waals surface area contributed by atoms with Crippen LogP contribution in [-0.2, 0) is 16.1 Å². The van der Waals surface area contributed by atoms with E-state index in [1.165, 1.54) is 0 Å². The molecule has 0 aromatic heterocycles. The van der Waals surface area contributed by atoms with E-state index in [4.69, 9.17) is 10.5 Å². The number of benzene rings is 1. The molecule has 3 N–H and O–H groups in total. The highest BCUT2D eigenvalue weighted by Crippen LogP contribution is 2.49. The minimum Gasteiger partial charge on any atom is -0.378 e. The number of amides is 1. The maximum Gasteiger partial charge on any atom is 0.241 e. The number of carbonyl (C=O) groups is 1. The highest BCUT2D eigenvalue weighted by atomic mass is 79.9. The topological polar surface area (TPSA) is 64.3 Å². The fraction of sp³-hybridized carbons (Fsp3) is 0.562. The molecule has 1 amide bonds. The highest BCUT2D eigenvalue weighted by Gasteiger charge is 2.62. The zero-order valence-corrected chi connectivity index (χ0v) is 15.6. The smallest absolute Gasteiger partial charge is 0.241 e. The molecular weight excluding hydrogens is 368 g/mol. The normalized spacial score (nSPS) is 25.8. The molecule has 0 radical (unpaired) electrons. The van der Waals surface area contributed by atoms with Crippen molar-refractivity contribution in [2.45, 2.75) is 45.4 Å². The van der Waals surface area contributed by atoms with Crippen LogP contribution in [0.25, 0.3) is 0 Å². The van der Waals surface area contributed by atoms with Crippen LogP contribution < -0.4 is 11.1 Å². The van der Waals surface area contributed by atoms with Gasteiger partial charge in [-0.15, -0.1) is 12.4 Å². The molecule has 2 unspecified atom stereocenters. The summed E-state index contributed by atoms with van der Waals surface area (Å²) in [5, 5.41) is 2.95. The fourth-order valence-corrected chi connectivity index (χ4v) is 3.22. The van der Waals surface area contributed by atoms with E-state index in [0.29, 0.717) is 19.6 Å². The van der Waals surface area contributed by atoms with Gasteiger partial charge < -0.3 is 15.8 Å². The Bertz CT molecular complexity index is 539. The Labute approximate surface area is 146 Å². The van der Waals surface area contributed by atoms with E-state index < -0.39 is 5.54 Å². The van der Waals surface area contributed by atoms with Gasteiger partial charge >= 0.3 is 0 Å². The molecule has 22 heavy (non-hydrogen) atoms. The van der Waals surface area contributed by atoms with E-state index >= 15 is 0 Å². The number of nitrogens with one attached hydrogen (secondary N) is 1. The standard InChI is InChI=1S/C16H23BrN2O2.ClH/c1-4-21-13-9-16(18,15(13,2)3)14(20)19-10-11-7-5-6-8-12(11)17;/h5-8,13H,4,9-10,18H2,1-3H3,(H,19,20);1H. The van der Waals surface area contributed by atoms with Crippen LogP contribution in [0.4, 0.5) is 0 Å². The Morgan fingerprint density at radius 2 is 2.09 bits per heavy atom. The monoisotopic (exact) mass is 390 g/mol. The van der Waals surface area contributed by atoms with Crippen LogP contribution >= 0.6 is 28.3 Å². The van der Waals surface area contributed by atoms with Crippen LogP contribution in [0.3, 0.4) is 0 Å². The van der Waals surface area contributed by atoms with Gasteiger partial charge in [-0.1, -0.05) is 48.0 Å². The van der Waals surface area contributed by atoms with Gasteiger partial charge in [0.05, 0.1) is 6.10 Å². The predicted molar refractivity (Wildman–Crippen MR) is 94.0 cm³/mol. The van der Waals surface area contributed by atoms with Crippen LogP contribution in [0.15, 0.2) is 28.7 Å². The molecular formula is C16H24BrClN2O2. The Kier molecular flexibility index (Phi) is 6.45. The van der Waals surface area contributed by atoms with Gasteiger partial charge in [0.25, 0.3) is 0 Å². The summed E-state index contributed by atoms with van der Waals surface area (Å²) in [6, 6.07) is 7.82. The van der Waals surface area contributed by atoms with E-state index in [1.807, 2.05) is 45.0 Å². The first-order chi connectivity index (χ1) is 9.83. The summed E-state index contributed by atoms with van der Waals surface area (Å²) in [5.74, 6) is -0.112. The summed E-state index contributed by atoms with van der Waals surface area (Å²) in [6.07, 6.45) is 0.608. The lowest BCUT2D eigenvalue weighted by Crippen LogP contribution is -2.75. The quantitative estimate of drug-likeness (QED) is 0.811. The fourth-order valence-electron chi connectivity index (χ4n) is 2.80. The summed E-state index contributed by atoms with van der Waals surface area (Å²) in [5.41, 5.74) is 6.15. The second-order valence-corrected chi connectivity index (χ2v) is 6.97. The second-order valence-electron chi connectivity index (χ2n) is 6.12. The summed E-state index contributed by atoms with van der Waals surface area (Å²) >= 11 is 3.48. The molecule has 2 atom stereocenters. The van der Waals surface area contributed by atoms with Crippen LogP contribution in [-0.4, -0.2) is 24.2 Å². The maximum atomic E-state index is 12.5. The van der Waals surface area contributed by atoms with Gasteiger partial charge in [-0.05, 0) is 18.6 Å². The van der Waals surface area contributed by atoms with Crippen molar-refractivity contribution in [1.82, 2.24) is 5.32 Å². The van der Waals surface area contributed by atoms with Crippen molar-refractivity contribution < 1.29 is 9.53 Å². The molecule has 0 aliphatic heterocycles. The van der Waals surface area contributed by atoms with Crippen LogP contribution in [0.5, 0.6) is 0 Å². The Morgan fingerprint density at radius 1 is 1.45 bits per heavy atom. The molecule has 2 rings (SSSR count). The van der Waals surface area contributed by atoms with Crippen LogP contribution in [0.2, 0.25) is 0 Å². The maximum absolute atomic E-state index is 12.5. The average molecular weight is 392 g/mol. The summed E-state index contributed by atoms with van der Waals surface area (Å²) in [6.45, 7) is 7.06. The molecule has 1 aliphatic carbocycles. The van der Waals surface area contributed by atoms with E-state index in [0.717, 1.165) is 10.0 Å². The summed E-state index contributed by atoms with van der Waals surface area (Å²) < 4.78 is 6.64. The number of hydrogen-bond donors (Lipinski definition) is 2. The zero-order chi connectivity index (χ0) is 15.7. The molecule has 1 aromatic rings. The Hall–Kier alpha value is -0.620. The summed E-state index contributed by atoms with van der Waals surface area (Å²) in [7, 11) is 0. The third-order valence-electron chi connectivity index (χ3n) is 4.63. The van der Waals surface area contributed by atoms with Crippen molar-refractivity contribution in [1.29, 1.82) is 0 Å². The SMILES string of the molecule is CCOC1CC(N)(C(=O)NCc2ccccc2Br)C1(C)C.Cl. The van der Waals surface area contributed by atoms with Gasteiger partial charge in [-0.2, -0.15) is 0 Å². The number of halogens is 2. The molecule has 0 saturated heterocycles. The number of ether oxygens (including phenoxy) is 1. The molecule has 0 bridgehead atoms. The first-order valence-corrected chi connectivity index (χ1v) is 8.04. The van der Waals surface area contributed by atoms with Crippen molar-refractivity contribution in [3.05, 3.63) is 34.3 Å². The lowest BCUT2D eigenvalue weighted by atomic mass is 9.54. The molecule has 0 spiro atoms. The highest BCUT2D eigenvalue weighted by molar-refractivity contribution is 9.10. The van der Waals surface area contributed by atoms with Crippen molar-refractivity contribution in [2.24, 2.45) is 11.1 Å². The molecule has 1 aliphatic rings. The molecule has 0 heterocycles. The number of hydrogen-bond acceptors (Lipinski definition) is 3. The second kappa shape index (κ2) is 7.30. The average Bonchev–Trinajstić information content (AvgIpc) is 2.45. The van der Waals surface area contributed by atoms with E-state index in [9.17, 15) is 4.79 Å². The van der Waals surface area contributed by atoms with Gasteiger partial charge in [0.1, 0.15) is 5.54 Å². The number of rotatable bonds is 5.